The summed E-state index contributed by atoms with van der Waals surface area (Å²) in [5.74, 6) is 0.0259. The summed E-state index contributed by atoms with van der Waals surface area (Å²) in [5, 5.41) is 0.657. The van der Waals surface area contributed by atoms with Crippen LogP contribution in [0.5, 0.6) is 0 Å². The summed E-state index contributed by atoms with van der Waals surface area (Å²) >= 11 is 1.34. The minimum Gasteiger partial charge on any atom is -0.377 e. The van der Waals surface area contributed by atoms with Gasteiger partial charge in [-0.05, 0) is 52.0 Å². The molecule has 2 aliphatic heterocycles. The highest BCUT2D eigenvalue weighted by molar-refractivity contribution is 7.89. The zero-order valence-electron chi connectivity index (χ0n) is 18.3. The van der Waals surface area contributed by atoms with Gasteiger partial charge in [0.05, 0.1) is 17.5 Å². The number of hydrogen-bond acceptors (Lipinski definition) is 6. The molecule has 1 N–H and O–H groups in total. The molecule has 0 radical (unpaired) electrons. The molecule has 0 aliphatic carbocycles. The van der Waals surface area contributed by atoms with Crippen molar-refractivity contribution in [1.29, 1.82) is 0 Å². The maximum absolute atomic E-state index is 13.0. The van der Waals surface area contributed by atoms with Crippen molar-refractivity contribution in [3.05, 3.63) is 22.3 Å². The fourth-order valence-corrected chi connectivity index (χ4v) is 6.62. The van der Waals surface area contributed by atoms with E-state index in [0.717, 1.165) is 45.2 Å². The molecule has 2 saturated heterocycles. The number of likely N-dealkylation sites (tertiary alicyclic amines) is 1. The molecule has 1 amide bonds. The van der Waals surface area contributed by atoms with E-state index in [0.29, 0.717) is 33.6 Å². The molecular weight excluding hydrogens is 436 g/mol. The molecule has 1 atom stereocenters. The van der Waals surface area contributed by atoms with Crippen molar-refractivity contribution in [2.24, 2.45) is 7.05 Å². The molecule has 1 unspecified atom stereocenters. The number of rotatable bonds is 6. The molecule has 2 aromatic heterocycles. The number of aromatic nitrogens is 2. The van der Waals surface area contributed by atoms with E-state index < -0.39 is 10.0 Å². The monoisotopic (exact) mass is 466 g/mol. The van der Waals surface area contributed by atoms with Gasteiger partial charge in [-0.25, -0.2) is 18.1 Å². The topological polar surface area (TPSA) is 93.5 Å². The second-order valence-corrected chi connectivity index (χ2v) is 11.0. The number of hydrogen-bond donors (Lipinski definition) is 1. The highest BCUT2D eigenvalue weighted by atomic mass is 32.2. The van der Waals surface area contributed by atoms with Gasteiger partial charge in [-0.2, -0.15) is 0 Å². The van der Waals surface area contributed by atoms with Gasteiger partial charge in [-0.3, -0.25) is 4.79 Å². The summed E-state index contributed by atoms with van der Waals surface area (Å²) in [6.45, 7) is 6.15. The van der Waals surface area contributed by atoms with Crippen LogP contribution in [-0.2, 0) is 21.8 Å². The summed E-state index contributed by atoms with van der Waals surface area (Å²) in [6.07, 6.45) is 5.00. The summed E-state index contributed by atoms with van der Waals surface area (Å²) < 4.78 is 35.9. The Labute approximate surface area is 187 Å². The lowest BCUT2D eigenvalue weighted by Gasteiger charge is -2.26. The number of sulfonamides is 1. The van der Waals surface area contributed by atoms with Crippen molar-refractivity contribution in [2.45, 2.75) is 57.0 Å². The van der Waals surface area contributed by atoms with E-state index in [4.69, 9.17) is 4.74 Å². The fourth-order valence-electron chi connectivity index (χ4n) is 4.18. The third kappa shape index (κ3) is 4.57. The predicted octanol–water partition coefficient (Wildman–Crippen LogP) is 2.85. The van der Waals surface area contributed by atoms with E-state index in [1.54, 1.807) is 13.0 Å². The minimum absolute atomic E-state index is 0.0259. The van der Waals surface area contributed by atoms with Crippen LogP contribution in [0.2, 0.25) is 0 Å². The third-order valence-corrected chi connectivity index (χ3v) is 8.86. The van der Waals surface area contributed by atoms with E-state index in [1.165, 1.54) is 11.3 Å². The second-order valence-electron chi connectivity index (χ2n) is 8.31. The van der Waals surface area contributed by atoms with Gasteiger partial charge in [0.1, 0.15) is 14.8 Å². The molecule has 0 bridgehead atoms. The molecule has 0 saturated carbocycles. The lowest BCUT2D eigenvalue weighted by atomic mass is 10.1. The molecule has 170 valence electrons. The Morgan fingerprint density at radius 1 is 1.26 bits per heavy atom. The summed E-state index contributed by atoms with van der Waals surface area (Å²) in [6, 6.07) is 1.65. The highest BCUT2D eigenvalue weighted by Crippen LogP contribution is 2.33. The number of piperidine rings is 1. The van der Waals surface area contributed by atoms with Crippen LogP contribution in [0.4, 0.5) is 0 Å². The number of thiazole rings is 1. The van der Waals surface area contributed by atoms with E-state index in [-0.39, 0.29) is 23.5 Å². The van der Waals surface area contributed by atoms with Gasteiger partial charge in [0.25, 0.3) is 5.91 Å². The van der Waals surface area contributed by atoms with Gasteiger partial charge >= 0.3 is 0 Å². The van der Waals surface area contributed by atoms with Gasteiger partial charge in [-0.1, -0.05) is 0 Å². The zero-order valence-corrected chi connectivity index (χ0v) is 19.9. The average molecular weight is 467 g/mol. The quantitative estimate of drug-likeness (QED) is 0.707. The van der Waals surface area contributed by atoms with Gasteiger partial charge in [-0.15, -0.1) is 11.3 Å². The van der Waals surface area contributed by atoms with Crippen molar-refractivity contribution >= 4 is 27.3 Å². The first kappa shape index (κ1) is 22.4. The molecule has 4 heterocycles. The SMILES string of the molecule is Cc1nc(-c2cc(S(=O)(=O)NCC3CCCO3)c(C)n2C)sc1C(=O)N1CCCCC1. The van der Waals surface area contributed by atoms with Crippen molar-refractivity contribution < 1.29 is 17.9 Å². The summed E-state index contributed by atoms with van der Waals surface area (Å²) in [4.78, 5) is 20.4. The fraction of sp³-hybridized carbons (Fsp3) is 0.619. The molecule has 0 aromatic carbocycles. The Morgan fingerprint density at radius 2 is 2.00 bits per heavy atom. The lowest BCUT2D eigenvalue weighted by molar-refractivity contribution is 0.0728. The van der Waals surface area contributed by atoms with Crippen LogP contribution in [0.3, 0.4) is 0 Å². The van der Waals surface area contributed by atoms with Crippen LogP contribution in [0.1, 0.15) is 53.2 Å². The van der Waals surface area contributed by atoms with Crippen LogP contribution in [0.25, 0.3) is 10.7 Å². The standard InChI is InChI=1S/C21H30N4O4S2/c1-14-19(21(26)25-9-5-4-6-10-25)30-20(23-14)17-12-18(15(2)24(17)3)31(27,28)22-13-16-8-7-11-29-16/h12,16,22H,4-11,13H2,1-3H3. The highest BCUT2D eigenvalue weighted by Gasteiger charge is 2.28. The summed E-state index contributed by atoms with van der Waals surface area (Å²) in [5.41, 5.74) is 2.02. The maximum atomic E-state index is 13.0. The van der Waals surface area contributed by atoms with Crippen LogP contribution in [0, 0.1) is 13.8 Å². The normalized spacial score (nSPS) is 19.8. The van der Waals surface area contributed by atoms with E-state index in [9.17, 15) is 13.2 Å². The van der Waals surface area contributed by atoms with Crippen molar-refractivity contribution in [3.8, 4) is 10.7 Å². The number of amides is 1. The largest absolute Gasteiger partial charge is 0.377 e. The first-order valence-corrected chi connectivity index (χ1v) is 13.1. The van der Waals surface area contributed by atoms with E-state index in [1.807, 2.05) is 23.4 Å². The molecule has 31 heavy (non-hydrogen) atoms. The number of nitrogens with zero attached hydrogens (tertiary/aromatic N) is 3. The second kappa shape index (κ2) is 9.01. The van der Waals surface area contributed by atoms with Crippen LogP contribution >= 0.6 is 11.3 Å². The third-order valence-electron chi connectivity index (χ3n) is 6.16. The molecule has 0 spiro atoms. The van der Waals surface area contributed by atoms with Gasteiger partial charge in [0.15, 0.2) is 0 Å². The molecule has 10 heteroatoms. The van der Waals surface area contributed by atoms with Crippen molar-refractivity contribution in [3.63, 3.8) is 0 Å². The Hall–Kier alpha value is -1.75. The maximum Gasteiger partial charge on any atom is 0.265 e. The Kier molecular flexibility index (Phi) is 6.52. The van der Waals surface area contributed by atoms with Crippen LogP contribution in [-0.4, -0.2) is 61.1 Å². The molecule has 2 aliphatic rings. The molecular formula is C21H30N4O4S2. The number of nitrogens with one attached hydrogen (secondary N) is 1. The zero-order chi connectivity index (χ0) is 22.2. The van der Waals surface area contributed by atoms with Gasteiger partial charge < -0.3 is 14.2 Å². The van der Waals surface area contributed by atoms with E-state index >= 15 is 0 Å². The molecule has 2 fully saturated rings. The average Bonchev–Trinajstić information content (AvgIpc) is 3.48. The molecule has 4 rings (SSSR count). The van der Waals surface area contributed by atoms with Gasteiger partial charge in [0, 0.05) is 39.0 Å². The smallest absolute Gasteiger partial charge is 0.265 e. The lowest BCUT2D eigenvalue weighted by Crippen LogP contribution is -2.35. The minimum atomic E-state index is -3.67. The van der Waals surface area contributed by atoms with Crippen LogP contribution < -0.4 is 4.72 Å². The number of ether oxygens (including phenoxy) is 1. The first-order valence-electron chi connectivity index (χ1n) is 10.8. The van der Waals surface area contributed by atoms with E-state index in [2.05, 4.69) is 9.71 Å². The Morgan fingerprint density at radius 3 is 2.68 bits per heavy atom. The van der Waals surface area contributed by atoms with Gasteiger partial charge in [0.2, 0.25) is 10.0 Å². The number of carbonyl (C=O) groups excluding carboxylic acids is 1. The number of carbonyl (C=O) groups is 1. The molecule has 8 nitrogen and oxygen atoms in total. The number of aryl methyl sites for hydroxylation is 1. The van der Waals surface area contributed by atoms with Crippen LogP contribution in [0.15, 0.2) is 11.0 Å². The summed E-state index contributed by atoms with van der Waals surface area (Å²) in [7, 11) is -1.85. The Bertz CT molecular complexity index is 1060. The first-order chi connectivity index (χ1) is 14.8. The Balaban J connectivity index is 1.58. The predicted molar refractivity (Wildman–Crippen MR) is 120 cm³/mol. The van der Waals surface area contributed by atoms with Crippen molar-refractivity contribution in [1.82, 2.24) is 19.2 Å². The van der Waals surface area contributed by atoms with Crippen molar-refractivity contribution in [2.75, 3.05) is 26.2 Å². The molecule has 2 aromatic rings.